The smallest absolute Gasteiger partial charge is 0.318 e. The number of carbonyl (C=O) groups is 3. The molecule has 19 N–H and O–H groups in total. The molecule has 3 amide bonds. The molecule has 1 aliphatic rings. The minimum absolute atomic E-state index is 0.0608. The summed E-state index contributed by atoms with van der Waals surface area (Å²) in [6, 6.07) is 3.58. The molecule has 24 nitrogen and oxygen atoms in total. The fourth-order valence-electron chi connectivity index (χ4n) is 6.95. The molecule has 4 unspecified atom stereocenters. The van der Waals surface area contributed by atoms with Crippen molar-refractivity contribution in [2.24, 2.45) is 5.92 Å². The molecule has 4 rings (SSSR count). The average Bonchev–Trinajstić information content (AvgIpc) is 3.17. The fraction of sp³-hybridized carbons (Fsp3) is 0.432. The average molecular weight is 870 g/mol. The normalized spacial score (nSPS) is 15.7. The third-order valence-electron chi connectivity index (χ3n) is 10.00. The molecule has 61 heavy (non-hydrogen) atoms. The van der Waals surface area contributed by atoms with E-state index in [0.29, 0.717) is 12.0 Å². The van der Waals surface area contributed by atoms with Crippen molar-refractivity contribution in [1.82, 2.24) is 15.5 Å². The third-order valence-corrected chi connectivity index (χ3v) is 10.00. The maximum atomic E-state index is 13.8. The van der Waals surface area contributed by atoms with E-state index >= 15 is 0 Å². The lowest BCUT2D eigenvalue weighted by Crippen LogP contribution is -2.60. The van der Waals surface area contributed by atoms with Gasteiger partial charge in [-0.05, 0) is 37.2 Å². The van der Waals surface area contributed by atoms with Gasteiger partial charge in [0.25, 0.3) is 0 Å². The summed E-state index contributed by atoms with van der Waals surface area (Å²) in [6.07, 6.45) is -3.73. The number of aliphatic hydroxyl groups is 9. The maximum Gasteiger partial charge on any atom is 0.318 e. The predicted molar refractivity (Wildman–Crippen MR) is 199 cm³/mol. The molecule has 0 radical (unpaired) electrons. The number of aromatic hydroxyl groups is 8. The highest BCUT2D eigenvalue weighted by atomic mass is 16.7. The number of phenols is 8. The lowest BCUT2D eigenvalue weighted by molar-refractivity contribution is -0.329. The summed E-state index contributed by atoms with van der Waals surface area (Å²) < 4.78 is 5.12. The van der Waals surface area contributed by atoms with E-state index in [4.69, 9.17) is 4.74 Å². The second-order valence-corrected chi connectivity index (χ2v) is 14.3. The predicted octanol–water partition coefficient (Wildman–Crippen LogP) is -3.03. The van der Waals surface area contributed by atoms with Crippen LogP contribution in [0.15, 0.2) is 30.3 Å². The number of nitrogens with one attached hydrogen (secondary N) is 2. The minimum atomic E-state index is -4.21. The molecule has 3 aromatic carbocycles. The summed E-state index contributed by atoms with van der Waals surface area (Å²) in [5.41, 5.74) is -4.43. The Morgan fingerprint density at radius 1 is 0.770 bits per heavy atom. The molecule has 1 fully saturated rings. The maximum absolute atomic E-state index is 13.8. The van der Waals surface area contributed by atoms with Crippen molar-refractivity contribution < 1.29 is 106 Å². The zero-order valence-electron chi connectivity index (χ0n) is 32.0. The fourth-order valence-corrected chi connectivity index (χ4v) is 6.95. The van der Waals surface area contributed by atoms with Gasteiger partial charge in [0.1, 0.15) is 35.1 Å². The van der Waals surface area contributed by atoms with Gasteiger partial charge >= 0.3 is 18.0 Å². The van der Waals surface area contributed by atoms with Crippen LogP contribution in [0.25, 0.3) is 0 Å². The number of hydrogen-bond donors (Lipinski definition) is 19. The number of ketones is 1. The van der Waals surface area contributed by atoms with Crippen LogP contribution in [0, 0.1) is 5.92 Å². The van der Waals surface area contributed by atoms with Gasteiger partial charge in [-0.25, -0.2) is 4.79 Å². The van der Waals surface area contributed by atoms with Gasteiger partial charge < -0.3 is 107 Å². The highest BCUT2D eigenvalue weighted by molar-refractivity contribution is 5.87. The minimum Gasteiger partial charge on any atom is -0.504 e. The summed E-state index contributed by atoms with van der Waals surface area (Å²) in [4.78, 5) is 41.2. The van der Waals surface area contributed by atoms with Gasteiger partial charge in [0, 0.05) is 19.5 Å². The topological polar surface area (TPSA) is 432 Å². The van der Waals surface area contributed by atoms with Crippen LogP contribution in [0.1, 0.15) is 54.9 Å². The van der Waals surface area contributed by atoms with Crippen LogP contribution in [0.4, 0.5) is 4.79 Å². The Morgan fingerprint density at radius 3 is 1.75 bits per heavy atom. The SMILES string of the molecule is CCC(C(=O)NC(CC(O)C(CC(=O)COc1c(C(O)(O)O)c(O)c(O)c(O)c1C(O)(O)O)Cc1ccccc1)C(O)(O)c1c(O)c(O)c(O)c(O)c1O)N1CCCNC1=O. The van der Waals surface area contributed by atoms with Gasteiger partial charge in [-0.2, -0.15) is 0 Å². The summed E-state index contributed by atoms with van der Waals surface area (Å²) >= 11 is 0. The molecule has 0 aromatic heterocycles. The number of nitrogens with zero attached hydrogens (tertiary/aromatic N) is 1. The number of rotatable bonds is 18. The van der Waals surface area contributed by atoms with Crippen molar-refractivity contribution in [1.29, 1.82) is 0 Å². The highest BCUT2D eigenvalue weighted by Gasteiger charge is 2.48. The Balaban J connectivity index is 1.76. The van der Waals surface area contributed by atoms with Crippen LogP contribution in [0.3, 0.4) is 0 Å². The van der Waals surface area contributed by atoms with Crippen molar-refractivity contribution in [2.75, 3.05) is 19.7 Å². The van der Waals surface area contributed by atoms with Crippen molar-refractivity contribution in [3.63, 3.8) is 0 Å². The molecule has 3 aromatic rings. The molecule has 1 heterocycles. The standard InChI is InChI=1S/C37H47N3O21/c1-2-18(40-10-6-9-38-34(40)52)33(51)39-20(35(53,54)21-24(43)29(48)31(50)30(49)25(21)44)13-19(42)16(11-15-7-4-3-5-8-15)12-17(41)14-61-32-22(36(55,56)57)26(45)28(47)27(46)23(32)37(58,59)60/h3-5,7-8,16,18-20,42-50,53-60H,2,6,9-14H2,1H3,(H,38,52)(H,39,51). The van der Waals surface area contributed by atoms with Crippen LogP contribution in [-0.4, -0.2) is 147 Å². The number of aliphatic hydroxyl groups excluding tert-OH is 1. The second kappa shape index (κ2) is 18.3. The van der Waals surface area contributed by atoms with E-state index in [2.05, 4.69) is 10.6 Å². The molecule has 336 valence electrons. The lowest BCUT2D eigenvalue weighted by Gasteiger charge is -2.38. The zero-order chi connectivity index (χ0) is 45.9. The zero-order valence-corrected chi connectivity index (χ0v) is 32.0. The first-order valence-electron chi connectivity index (χ1n) is 18.3. The molecule has 0 spiro atoms. The van der Waals surface area contributed by atoms with E-state index in [-0.39, 0.29) is 25.9 Å². The molecular formula is C37H47N3O21. The van der Waals surface area contributed by atoms with Gasteiger partial charge in [0.2, 0.25) is 34.7 Å². The monoisotopic (exact) mass is 869 g/mol. The summed E-state index contributed by atoms with van der Waals surface area (Å²) in [6.45, 7) is 0.545. The van der Waals surface area contributed by atoms with E-state index in [1.807, 2.05) is 0 Å². The van der Waals surface area contributed by atoms with Gasteiger partial charge in [-0.3, -0.25) is 9.59 Å². The molecule has 1 saturated heterocycles. The van der Waals surface area contributed by atoms with Crippen LogP contribution >= 0.6 is 0 Å². The van der Waals surface area contributed by atoms with Gasteiger partial charge in [-0.15, -0.1) is 0 Å². The summed E-state index contributed by atoms with van der Waals surface area (Å²) in [7, 11) is 0. The first kappa shape index (κ1) is 47.6. The first-order chi connectivity index (χ1) is 28.2. The number of Topliss-reactive ketones (excluding diaryl/α,β-unsaturated/α-hetero) is 1. The van der Waals surface area contributed by atoms with E-state index in [1.54, 1.807) is 30.3 Å². The molecule has 0 aliphatic carbocycles. The number of ether oxygens (including phenoxy) is 1. The Kier molecular flexibility index (Phi) is 14.2. The summed E-state index contributed by atoms with van der Waals surface area (Å²) in [5.74, 6) is -30.2. The van der Waals surface area contributed by atoms with E-state index in [9.17, 15) is 101 Å². The number of benzene rings is 3. The van der Waals surface area contributed by atoms with Crippen molar-refractivity contribution in [2.45, 2.75) is 74.9 Å². The first-order valence-corrected chi connectivity index (χ1v) is 18.3. The van der Waals surface area contributed by atoms with Crippen LogP contribution in [-0.2, 0) is 33.7 Å². The third kappa shape index (κ3) is 10.1. The van der Waals surface area contributed by atoms with Crippen molar-refractivity contribution in [3.8, 4) is 51.7 Å². The number of amides is 3. The van der Waals surface area contributed by atoms with Crippen molar-refractivity contribution >= 4 is 17.7 Å². The second-order valence-electron chi connectivity index (χ2n) is 14.3. The molecule has 24 heteroatoms. The Labute approximate surface area is 343 Å². The van der Waals surface area contributed by atoms with Crippen LogP contribution in [0.5, 0.6) is 51.7 Å². The van der Waals surface area contributed by atoms with Gasteiger partial charge in [-0.1, -0.05) is 37.3 Å². The van der Waals surface area contributed by atoms with Gasteiger partial charge in [0.15, 0.2) is 28.8 Å². The number of phenolic OH excluding ortho intramolecular Hbond substituents is 8. The Morgan fingerprint density at radius 2 is 1.26 bits per heavy atom. The quantitative estimate of drug-likeness (QED) is 0.0343. The highest BCUT2D eigenvalue weighted by Crippen LogP contribution is 2.55. The number of urea groups is 1. The van der Waals surface area contributed by atoms with Crippen LogP contribution < -0.4 is 15.4 Å². The van der Waals surface area contributed by atoms with E-state index < -0.39 is 147 Å². The number of carbonyl (C=O) groups excluding carboxylic acids is 3. The molecule has 0 saturated carbocycles. The summed E-state index contributed by atoms with van der Waals surface area (Å²) in [5, 5.41) is 181. The molecule has 0 bridgehead atoms. The molecule has 4 atom stereocenters. The number of hydrogen-bond acceptors (Lipinski definition) is 21. The van der Waals surface area contributed by atoms with Crippen molar-refractivity contribution in [3.05, 3.63) is 52.6 Å². The van der Waals surface area contributed by atoms with Gasteiger partial charge in [0.05, 0.1) is 12.1 Å². The Bertz CT molecular complexity index is 2030. The van der Waals surface area contributed by atoms with Crippen LogP contribution in [0.2, 0.25) is 0 Å². The largest absolute Gasteiger partial charge is 0.504 e. The Hall–Kier alpha value is -6.09. The molecular weight excluding hydrogens is 822 g/mol. The van der Waals surface area contributed by atoms with E-state index in [1.165, 1.54) is 6.92 Å². The lowest BCUT2D eigenvalue weighted by atomic mass is 9.83. The van der Waals surface area contributed by atoms with E-state index in [0.717, 1.165) is 4.90 Å². The molecule has 1 aliphatic heterocycles.